The van der Waals surface area contributed by atoms with Crippen LogP contribution in [0, 0.1) is 5.92 Å². The van der Waals surface area contributed by atoms with Crippen molar-refractivity contribution in [3.05, 3.63) is 11.9 Å². The molecule has 0 aromatic rings. The van der Waals surface area contributed by atoms with Gasteiger partial charge >= 0.3 is 0 Å². The Bertz CT molecular complexity index is 232. The molecular weight excluding hydrogens is 154 g/mol. The molecule has 2 N–H and O–H groups in total. The Balaban J connectivity index is 2.59. The fourth-order valence-electron chi connectivity index (χ4n) is 0.990. The molecule has 4 nitrogen and oxygen atoms in total. The molecular formula is C8H13N3O. The summed E-state index contributed by atoms with van der Waals surface area (Å²) in [6.07, 6.45) is 3.78. The molecule has 0 saturated heterocycles. The first kappa shape index (κ1) is 8.77. The normalized spacial score (nSPS) is 22.2. The monoisotopic (exact) mass is 167 g/mol. The van der Waals surface area contributed by atoms with E-state index >= 15 is 0 Å². The Morgan fingerprint density at radius 3 is 3.25 bits per heavy atom. The number of aliphatic imine (C=N–C) groups is 1. The summed E-state index contributed by atoms with van der Waals surface area (Å²) < 4.78 is 0. The average molecular weight is 167 g/mol. The van der Waals surface area contributed by atoms with Gasteiger partial charge in [-0.1, -0.05) is 6.92 Å². The van der Waals surface area contributed by atoms with Crippen molar-refractivity contribution in [3.8, 4) is 0 Å². The first-order chi connectivity index (χ1) is 5.68. The first-order valence-electron chi connectivity index (χ1n) is 3.91. The number of carbonyl (C=O) groups is 1. The average Bonchev–Trinajstić information content (AvgIpc) is 2.12. The van der Waals surface area contributed by atoms with Gasteiger partial charge in [-0.3, -0.25) is 9.79 Å². The highest BCUT2D eigenvalue weighted by molar-refractivity contribution is 5.75. The molecule has 66 valence electrons. The lowest BCUT2D eigenvalue weighted by atomic mass is 10.2. The van der Waals surface area contributed by atoms with Crippen LogP contribution in [0.4, 0.5) is 0 Å². The third kappa shape index (κ3) is 2.74. The Morgan fingerprint density at radius 1 is 1.83 bits per heavy atom. The van der Waals surface area contributed by atoms with E-state index in [-0.39, 0.29) is 11.8 Å². The topological polar surface area (TPSA) is 53.5 Å². The van der Waals surface area contributed by atoms with Crippen LogP contribution in [-0.2, 0) is 4.79 Å². The van der Waals surface area contributed by atoms with E-state index < -0.39 is 0 Å². The number of nitrogens with zero attached hydrogens (tertiary/aromatic N) is 1. The number of amides is 1. The number of nitrogens with one attached hydrogen (secondary N) is 2. The second-order valence-corrected chi connectivity index (χ2v) is 2.79. The van der Waals surface area contributed by atoms with Crippen molar-refractivity contribution in [2.45, 2.75) is 13.8 Å². The van der Waals surface area contributed by atoms with E-state index in [9.17, 15) is 4.79 Å². The molecule has 0 saturated carbocycles. The van der Waals surface area contributed by atoms with Crippen LogP contribution in [0.1, 0.15) is 13.8 Å². The molecule has 1 heterocycles. The summed E-state index contributed by atoms with van der Waals surface area (Å²) in [4.78, 5) is 14.8. The number of rotatable bonds is 1. The molecule has 1 unspecified atom stereocenters. The number of hydrogen-bond acceptors (Lipinski definition) is 3. The van der Waals surface area contributed by atoms with Crippen molar-refractivity contribution in [1.82, 2.24) is 10.6 Å². The summed E-state index contributed by atoms with van der Waals surface area (Å²) in [5.41, 5.74) is 0. The maximum absolute atomic E-state index is 10.7. The van der Waals surface area contributed by atoms with Crippen LogP contribution >= 0.6 is 0 Å². The highest BCUT2D eigenvalue weighted by Gasteiger charge is 2.03. The van der Waals surface area contributed by atoms with Gasteiger partial charge in [-0.05, 0) is 6.08 Å². The van der Waals surface area contributed by atoms with Gasteiger partial charge in [0.25, 0.3) is 0 Å². The fraction of sp³-hybridized carbons (Fsp3) is 0.500. The summed E-state index contributed by atoms with van der Waals surface area (Å²) in [6.45, 7) is 4.02. The van der Waals surface area contributed by atoms with Crippen LogP contribution in [0.5, 0.6) is 0 Å². The smallest absolute Gasteiger partial charge is 0.222 e. The van der Waals surface area contributed by atoms with Crippen molar-refractivity contribution >= 4 is 12.1 Å². The summed E-state index contributed by atoms with van der Waals surface area (Å²) in [5, 5.41) is 5.66. The second-order valence-electron chi connectivity index (χ2n) is 2.79. The summed E-state index contributed by atoms with van der Waals surface area (Å²) in [7, 11) is 0. The minimum atomic E-state index is -0.0668. The maximum Gasteiger partial charge on any atom is 0.222 e. The van der Waals surface area contributed by atoms with Crippen LogP contribution in [-0.4, -0.2) is 18.8 Å². The number of allylic oxidation sites excluding steroid dienone is 1. The predicted octanol–water partition coefficient (Wildman–Crippen LogP) is 0.231. The van der Waals surface area contributed by atoms with Gasteiger partial charge in [-0.15, -0.1) is 0 Å². The van der Waals surface area contributed by atoms with E-state index in [2.05, 4.69) is 15.6 Å². The van der Waals surface area contributed by atoms with E-state index in [1.54, 1.807) is 0 Å². The van der Waals surface area contributed by atoms with Gasteiger partial charge in [0.2, 0.25) is 5.91 Å². The van der Waals surface area contributed by atoms with Crippen LogP contribution < -0.4 is 10.6 Å². The van der Waals surface area contributed by atoms with E-state index in [1.165, 1.54) is 6.92 Å². The number of hydrogen-bond donors (Lipinski definition) is 2. The van der Waals surface area contributed by atoms with Gasteiger partial charge < -0.3 is 10.6 Å². The molecule has 0 aromatic heterocycles. The molecule has 1 rings (SSSR count). The Kier molecular flexibility index (Phi) is 2.85. The quantitative estimate of drug-likeness (QED) is 0.587. The molecule has 0 fully saturated rings. The largest absolute Gasteiger partial charge is 0.353 e. The van der Waals surface area contributed by atoms with Gasteiger partial charge in [0.05, 0.1) is 0 Å². The van der Waals surface area contributed by atoms with Crippen molar-refractivity contribution in [1.29, 1.82) is 0 Å². The minimum absolute atomic E-state index is 0.0668. The van der Waals surface area contributed by atoms with Crippen LogP contribution in [0.15, 0.2) is 16.9 Å². The van der Waals surface area contributed by atoms with E-state index in [1.807, 2.05) is 19.2 Å². The van der Waals surface area contributed by atoms with E-state index in [4.69, 9.17) is 0 Å². The zero-order valence-corrected chi connectivity index (χ0v) is 7.29. The molecule has 4 heteroatoms. The van der Waals surface area contributed by atoms with Crippen molar-refractivity contribution in [2.24, 2.45) is 10.9 Å². The molecule has 12 heavy (non-hydrogen) atoms. The molecule has 1 amide bonds. The zero-order chi connectivity index (χ0) is 8.97. The molecule has 0 bridgehead atoms. The Morgan fingerprint density at radius 2 is 2.58 bits per heavy atom. The first-order valence-corrected chi connectivity index (χ1v) is 3.91. The maximum atomic E-state index is 10.7. The number of carbonyl (C=O) groups excluding carboxylic acids is 1. The molecule has 0 spiro atoms. The van der Waals surface area contributed by atoms with Crippen molar-refractivity contribution in [3.63, 3.8) is 0 Å². The fourth-order valence-corrected chi connectivity index (χ4v) is 0.990. The van der Waals surface area contributed by atoms with Gasteiger partial charge in [-0.2, -0.15) is 0 Å². The van der Waals surface area contributed by atoms with E-state index in [0.29, 0.717) is 6.67 Å². The molecule has 0 aliphatic carbocycles. The van der Waals surface area contributed by atoms with Gasteiger partial charge in [0.1, 0.15) is 12.5 Å². The standard InChI is InChI=1S/C8H13N3O/c1-6-3-8(11-7(2)12)10-5-9-4-6/h3-4,6,10H,5H2,1-2H3,(H,11,12). The third-order valence-electron chi connectivity index (χ3n) is 1.44. The van der Waals surface area contributed by atoms with Crippen LogP contribution in [0.3, 0.4) is 0 Å². The summed E-state index contributed by atoms with van der Waals surface area (Å²) in [5.74, 6) is 0.942. The summed E-state index contributed by atoms with van der Waals surface area (Å²) >= 11 is 0. The molecule has 1 aliphatic heterocycles. The van der Waals surface area contributed by atoms with Crippen LogP contribution in [0.25, 0.3) is 0 Å². The van der Waals surface area contributed by atoms with Crippen molar-refractivity contribution in [2.75, 3.05) is 6.67 Å². The highest BCUT2D eigenvalue weighted by atomic mass is 16.1. The van der Waals surface area contributed by atoms with E-state index in [0.717, 1.165) is 5.82 Å². The molecule has 1 aliphatic rings. The molecule has 0 aromatic carbocycles. The Hall–Kier alpha value is -1.32. The van der Waals surface area contributed by atoms with Gasteiger partial charge in [0.15, 0.2) is 0 Å². The lowest BCUT2D eigenvalue weighted by Crippen LogP contribution is -2.29. The predicted molar refractivity (Wildman–Crippen MR) is 47.6 cm³/mol. The molecule has 1 atom stereocenters. The van der Waals surface area contributed by atoms with Crippen molar-refractivity contribution < 1.29 is 4.79 Å². The molecule has 0 radical (unpaired) electrons. The van der Waals surface area contributed by atoms with Crippen LogP contribution in [0.2, 0.25) is 0 Å². The summed E-state index contributed by atoms with van der Waals surface area (Å²) in [6, 6.07) is 0. The SMILES string of the molecule is CC(=O)NC1=CC(C)C=NCN1. The zero-order valence-electron chi connectivity index (χ0n) is 7.29. The van der Waals surface area contributed by atoms with Gasteiger partial charge in [0, 0.05) is 19.1 Å². The highest BCUT2D eigenvalue weighted by Crippen LogP contribution is 1.99. The lowest BCUT2D eigenvalue weighted by molar-refractivity contribution is -0.118. The van der Waals surface area contributed by atoms with Gasteiger partial charge in [-0.25, -0.2) is 0 Å². The second kappa shape index (κ2) is 3.90. The Labute approximate surface area is 71.8 Å². The third-order valence-corrected chi connectivity index (χ3v) is 1.44. The minimum Gasteiger partial charge on any atom is -0.353 e. The lowest BCUT2D eigenvalue weighted by Gasteiger charge is -2.07.